The van der Waals surface area contributed by atoms with Crippen molar-refractivity contribution in [1.29, 1.82) is 0 Å². The van der Waals surface area contributed by atoms with Crippen LogP contribution in [0.25, 0.3) is 0 Å². The molecule has 2 aliphatic heterocycles. The van der Waals surface area contributed by atoms with E-state index in [-0.39, 0.29) is 29.5 Å². The highest BCUT2D eigenvalue weighted by molar-refractivity contribution is 5.80. The Kier molecular flexibility index (Phi) is 2.24. The normalized spacial score (nSPS) is 41.6. The van der Waals surface area contributed by atoms with Crippen LogP contribution in [-0.4, -0.2) is 30.7 Å². The molecule has 2 bridgehead atoms. The van der Waals surface area contributed by atoms with Crippen molar-refractivity contribution < 1.29 is 14.3 Å². The van der Waals surface area contributed by atoms with Gasteiger partial charge in [0.2, 0.25) is 0 Å². The number of hydrogen-bond acceptors (Lipinski definition) is 3. The van der Waals surface area contributed by atoms with E-state index in [0.29, 0.717) is 0 Å². The van der Waals surface area contributed by atoms with Crippen LogP contribution in [0.15, 0.2) is 12.2 Å². The van der Waals surface area contributed by atoms with Crippen LogP contribution in [-0.2, 0) is 14.3 Å². The van der Waals surface area contributed by atoms with Crippen molar-refractivity contribution in [1.82, 2.24) is 0 Å². The molecule has 4 unspecified atom stereocenters. The van der Waals surface area contributed by atoms with E-state index in [2.05, 4.69) is 0 Å². The van der Waals surface area contributed by atoms with Gasteiger partial charge in [-0.05, 0) is 20.3 Å². The molecule has 0 amide bonds. The Hall–Kier alpha value is -0.670. The van der Waals surface area contributed by atoms with E-state index in [1.54, 1.807) is 14.0 Å². The van der Waals surface area contributed by atoms with Gasteiger partial charge >= 0.3 is 0 Å². The minimum Gasteiger partial charge on any atom is -0.378 e. The molecule has 0 aliphatic carbocycles. The van der Waals surface area contributed by atoms with Gasteiger partial charge in [-0.1, -0.05) is 12.2 Å². The smallest absolute Gasteiger partial charge is 0.135 e. The van der Waals surface area contributed by atoms with Crippen LogP contribution in [0.2, 0.25) is 0 Å². The van der Waals surface area contributed by atoms with Gasteiger partial charge in [-0.2, -0.15) is 0 Å². The molecule has 2 aliphatic rings. The van der Waals surface area contributed by atoms with Crippen LogP contribution in [0.5, 0.6) is 0 Å². The minimum absolute atomic E-state index is 0.00750. The van der Waals surface area contributed by atoms with Crippen molar-refractivity contribution in [3.05, 3.63) is 12.2 Å². The second-order valence-corrected chi connectivity index (χ2v) is 4.20. The predicted octanol–water partition coefficient (Wildman–Crippen LogP) is 1.32. The maximum absolute atomic E-state index is 11.3. The van der Waals surface area contributed by atoms with Gasteiger partial charge in [-0.3, -0.25) is 4.79 Å². The lowest BCUT2D eigenvalue weighted by atomic mass is 9.82. The Morgan fingerprint density at radius 3 is 2.93 bits per heavy atom. The molecule has 3 nitrogen and oxygen atoms in total. The third kappa shape index (κ3) is 1.23. The molecule has 3 heteroatoms. The summed E-state index contributed by atoms with van der Waals surface area (Å²) in [6.45, 7) is 3.61. The van der Waals surface area contributed by atoms with Gasteiger partial charge in [0, 0.05) is 7.11 Å². The lowest BCUT2D eigenvalue weighted by molar-refractivity contribution is -0.121. The van der Waals surface area contributed by atoms with Gasteiger partial charge in [0.1, 0.15) is 11.4 Å². The average molecular weight is 196 g/mol. The summed E-state index contributed by atoms with van der Waals surface area (Å²) >= 11 is 0. The largest absolute Gasteiger partial charge is 0.378 e. The first kappa shape index (κ1) is 9.87. The van der Waals surface area contributed by atoms with E-state index in [4.69, 9.17) is 9.47 Å². The molecule has 0 radical (unpaired) electrons. The third-order valence-electron chi connectivity index (χ3n) is 3.42. The first-order chi connectivity index (χ1) is 6.59. The van der Waals surface area contributed by atoms with Crippen molar-refractivity contribution in [2.24, 2.45) is 5.92 Å². The molecule has 1 fully saturated rings. The number of hydrogen-bond donors (Lipinski definition) is 0. The lowest BCUT2D eigenvalue weighted by Crippen LogP contribution is -2.38. The van der Waals surface area contributed by atoms with E-state index in [1.807, 2.05) is 19.1 Å². The van der Waals surface area contributed by atoms with Gasteiger partial charge in [0.05, 0.1) is 18.1 Å². The van der Waals surface area contributed by atoms with Crippen molar-refractivity contribution in [2.75, 3.05) is 7.11 Å². The zero-order valence-corrected chi connectivity index (χ0v) is 8.82. The molecule has 4 atom stereocenters. The second kappa shape index (κ2) is 3.17. The Morgan fingerprint density at radius 1 is 1.71 bits per heavy atom. The first-order valence-corrected chi connectivity index (χ1v) is 4.99. The van der Waals surface area contributed by atoms with Crippen LogP contribution in [0, 0.1) is 5.92 Å². The van der Waals surface area contributed by atoms with Crippen LogP contribution in [0.4, 0.5) is 0 Å². The molecule has 0 saturated carbocycles. The fourth-order valence-electron chi connectivity index (χ4n) is 2.35. The van der Waals surface area contributed by atoms with Gasteiger partial charge in [0.15, 0.2) is 0 Å². The number of Topliss-reactive ketones (excluding diaryl/α,β-unsaturated/α-hetero) is 1. The Balaban J connectivity index is 2.20. The van der Waals surface area contributed by atoms with Crippen LogP contribution in [0.3, 0.4) is 0 Å². The number of rotatable bonds is 3. The molecule has 14 heavy (non-hydrogen) atoms. The van der Waals surface area contributed by atoms with E-state index in [1.165, 1.54) is 0 Å². The Morgan fingerprint density at radius 2 is 2.43 bits per heavy atom. The summed E-state index contributed by atoms with van der Waals surface area (Å²) in [5, 5.41) is 0. The van der Waals surface area contributed by atoms with Gasteiger partial charge in [-0.15, -0.1) is 0 Å². The van der Waals surface area contributed by atoms with Crippen molar-refractivity contribution in [3.63, 3.8) is 0 Å². The predicted molar refractivity (Wildman–Crippen MR) is 52.0 cm³/mol. The molecule has 0 spiro atoms. The average Bonchev–Trinajstić information content (AvgIpc) is 2.74. The number of carbonyl (C=O) groups is 1. The fraction of sp³-hybridized carbons (Fsp3) is 0.727. The van der Waals surface area contributed by atoms with Gasteiger partial charge in [0.25, 0.3) is 0 Å². The number of ether oxygens (including phenoxy) is 2. The van der Waals surface area contributed by atoms with E-state index < -0.39 is 0 Å². The summed E-state index contributed by atoms with van der Waals surface area (Å²) in [5.41, 5.74) is -0.351. The van der Waals surface area contributed by atoms with Crippen molar-refractivity contribution in [2.45, 2.75) is 38.1 Å². The number of carbonyl (C=O) groups excluding carboxylic acids is 1. The van der Waals surface area contributed by atoms with Crippen molar-refractivity contribution in [3.8, 4) is 0 Å². The Labute approximate surface area is 84.1 Å². The highest BCUT2D eigenvalue weighted by Crippen LogP contribution is 2.45. The standard InChI is InChI=1S/C11H16O3/c1-7(12)9-6-11(8(2)13-3)5-4-10(9)14-11/h4-5,8-10H,6H2,1-3H3. The summed E-state index contributed by atoms with van der Waals surface area (Å²) in [5.74, 6) is 0.238. The molecule has 78 valence electrons. The maximum atomic E-state index is 11.3. The zero-order chi connectivity index (χ0) is 10.3. The third-order valence-corrected chi connectivity index (χ3v) is 3.42. The lowest BCUT2D eigenvalue weighted by Gasteiger charge is -2.29. The molecule has 2 rings (SSSR count). The molecule has 0 aromatic heterocycles. The molecular formula is C11H16O3. The molecule has 2 heterocycles. The summed E-state index contributed by atoms with van der Waals surface area (Å²) < 4.78 is 11.1. The van der Waals surface area contributed by atoms with E-state index in [9.17, 15) is 4.79 Å². The quantitative estimate of drug-likeness (QED) is 0.639. The van der Waals surface area contributed by atoms with E-state index in [0.717, 1.165) is 6.42 Å². The maximum Gasteiger partial charge on any atom is 0.135 e. The topological polar surface area (TPSA) is 35.5 Å². The van der Waals surface area contributed by atoms with Crippen LogP contribution in [0.1, 0.15) is 20.3 Å². The van der Waals surface area contributed by atoms with Gasteiger partial charge in [-0.25, -0.2) is 0 Å². The molecule has 0 aromatic carbocycles. The highest BCUT2D eigenvalue weighted by Gasteiger charge is 2.52. The van der Waals surface area contributed by atoms with Crippen LogP contribution < -0.4 is 0 Å². The highest BCUT2D eigenvalue weighted by atomic mass is 16.6. The number of fused-ring (bicyclic) bond motifs is 2. The number of ketones is 1. The molecule has 0 aromatic rings. The summed E-state index contributed by atoms with van der Waals surface area (Å²) in [4.78, 5) is 11.3. The molecule has 1 saturated heterocycles. The van der Waals surface area contributed by atoms with Gasteiger partial charge < -0.3 is 9.47 Å². The molecule has 0 N–H and O–H groups in total. The zero-order valence-electron chi connectivity index (χ0n) is 8.82. The second-order valence-electron chi connectivity index (χ2n) is 4.20. The molecular weight excluding hydrogens is 180 g/mol. The van der Waals surface area contributed by atoms with E-state index >= 15 is 0 Å². The minimum atomic E-state index is -0.351. The SMILES string of the molecule is COC(C)C12C=CC(O1)C(C(C)=O)C2. The summed E-state index contributed by atoms with van der Waals surface area (Å²) in [6.07, 6.45) is 4.78. The monoisotopic (exact) mass is 196 g/mol. The summed E-state index contributed by atoms with van der Waals surface area (Å²) in [7, 11) is 1.67. The first-order valence-electron chi connectivity index (χ1n) is 4.99. The van der Waals surface area contributed by atoms with Crippen LogP contribution >= 0.6 is 0 Å². The van der Waals surface area contributed by atoms with Crippen molar-refractivity contribution >= 4 is 5.78 Å². The summed E-state index contributed by atoms with van der Waals surface area (Å²) in [6, 6.07) is 0. The fourth-order valence-corrected chi connectivity index (χ4v) is 2.35. The number of methoxy groups -OCH3 is 1. The Bertz CT molecular complexity index is 284.